The quantitative estimate of drug-likeness (QED) is 0.793. The first-order chi connectivity index (χ1) is 9.54. The van der Waals surface area contributed by atoms with Crippen molar-refractivity contribution in [3.8, 4) is 0 Å². The van der Waals surface area contributed by atoms with Crippen LogP contribution in [-0.2, 0) is 9.59 Å². The van der Waals surface area contributed by atoms with Crippen LogP contribution in [0.3, 0.4) is 0 Å². The van der Waals surface area contributed by atoms with Crippen molar-refractivity contribution in [1.29, 1.82) is 0 Å². The zero-order chi connectivity index (χ0) is 14.5. The molecule has 5 nitrogen and oxygen atoms in total. The van der Waals surface area contributed by atoms with Crippen LogP contribution in [0.2, 0.25) is 0 Å². The van der Waals surface area contributed by atoms with Crippen molar-refractivity contribution in [2.45, 2.75) is 32.2 Å². The van der Waals surface area contributed by atoms with Crippen LogP contribution in [0, 0.1) is 6.92 Å². The number of aryl methyl sites for hydroxylation is 1. The maximum atomic E-state index is 11.7. The molecule has 2 rings (SSSR count). The topological polar surface area (TPSA) is 69.6 Å². The second-order valence-corrected chi connectivity index (χ2v) is 5.24. The average molecular weight is 276 g/mol. The molecule has 1 aliphatic carbocycles. The molecule has 1 aromatic rings. The Morgan fingerprint density at radius 2 is 1.95 bits per heavy atom. The summed E-state index contributed by atoms with van der Waals surface area (Å²) in [6.07, 6.45) is 2.43. The van der Waals surface area contributed by atoms with Gasteiger partial charge in [0.1, 0.15) is 6.54 Å². The summed E-state index contributed by atoms with van der Waals surface area (Å²) in [6.45, 7) is 2.29. The molecule has 0 unspecified atom stereocenters. The van der Waals surface area contributed by atoms with E-state index >= 15 is 0 Å². The minimum absolute atomic E-state index is 0.00463. The van der Waals surface area contributed by atoms with E-state index in [4.69, 9.17) is 5.11 Å². The van der Waals surface area contributed by atoms with Gasteiger partial charge in [0.15, 0.2) is 0 Å². The highest BCUT2D eigenvalue weighted by Crippen LogP contribution is 2.19. The van der Waals surface area contributed by atoms with Gasteiger partial charge in [0.25, 0.3) is 0 Å². The summed E-state index contributed by atoms with van der Waals surface area (Å²) in [6, 6.07) is 7.99. The van der Waals surface area contributed by atoms with Crippen molar-refractivity contribution >= 4 is 17.6 Å². The molecule has 0 heterocycles. The summed E-state index contributed by atoms with van der Waals surface area (Å²) in [5, 5.41) is 11.9. The predicted octanol–water partition coefficient (Wildman–Crippen LogP) is 1.55. The smallest absolute Gasteiger partial charge is 0.323 e. The number of hydrogen-bond donors (Lipinski definition) is 2. The van der Waals surface area contributed by atoms with Crippen molar-refractivity contribution in [2.24, 2.45) is 0 Å². The number of hydrogen-bond acceptors (Lipinski definition) is 3. The Balaban J connectivity index is 1.93. The molecule has 1 amide bonds. The number of amides is 1. The van der Waals surface area contributed by atoms with Crippen LogP contribution < -0.4 is 10.2 Å². The normalized spacial score (nSPS) is 13.8. The highest BCUT2D eigenvalue weighted by molar-refractivity contribution is 5.78. The predicted molar refractivity (Wildman–Crippen MR) is 76.8 cm³/mol. The summed E-state index contributed by atoms with van der Waals surface area (Å²) in [7, 11) is 0. The van der Waals surface area contributed by atoms with Gasteiger partial charge in [0.05, 0.1) is 0 Å². The van der Waals surface area contributed by atoms with E-state index in [2.05, 4.69) is 5.32 Å². The zero-order valence-electron chi connectivity index (χ0n) is 11.6. The van der Waals surface area contributed by atoms with Crippen LogP contribution >= 0.6 is 0 Å². The summed E-state index contributed by atoms with van der Waals surface area (Å²) < 4.78 is 0. The molecular formula is C15H20N2O3. The SMILES string of the molecule is Cc1ccc(N(CCC(=O)NC2CC2)CC(=O)O)cc1. The minimum atomic E-state index is -0.895. The van der Waals surface area contributed by atoms with Gasteiger partial charge < -0.3 is 15.3 Å². The van der Waals surface area contributed by atoms with Gasteiger partial charge >= 0.3 is 5.97 Å². The second kappa shape index (κ2) is 6.41. The van der Waals surface area contributed by atoms with Crippen LogP contribution in [0.1, 0.15) is 24.8 Å². The lowest BCUT2D eigenvalue weighted by atomic mass is 10.2. The Morgan fingerprint density at radius 3 is 2.50 bits per heavy atom. The lowest BCUT2D eigenvalue weighted by molar-refractivity contribution is -0.135. The van der Waals surface area contributed by atoms with Crippen LogP contribution in [0.5, 0.6) is 0 Å². The number of carboxylic acid groups (broad SMARTS) is 1. The number of rotatable bonds is 7. The maximum Gasteiger partial charge on any atom is 0.323 e. The number of nitrogens with zero attached hydrogens (tertiary/aromatic N) is 1. The van der Waals surface area contributed by atoms with Crippen molar-refractivity contribution in [2.75, 3.05) is 18.0 Å². The third kappa shape index (κ3) is 4.57. The highest BCUT2D eigenvalue weighted by atomic mass is 16.4. The Morgan fingerprint density at radius 1 is 1.30 bits per heavy atom. The molecule has 1 aliphatic rings. The number of anilines is 1. The van der Waals surface area contributed by atoms with E-state index in [1.54, 1.807) is 4.90 Å². The number of benzene rings is 1. The first kappa shape index (κ1) is 14.4. The summed E-state index contributed by atoms with van der Waals surface area (Å²) in [5.41, 5.74) is 1.95. The number of nitrogens with one attached hydrogen (secondary N) is 1. The molecule has 1 fully saturated rings. The van der Waals surface area contributed by atoms with E-state index in [9.17, 15) is 9.59 Å². The molecule has 5 heteroatoms. The first-order valence-corrected chi connectivity index (χ1v) is 6.87. The fourth-order valence-corrected chi connectivity index (χ4v) is 1.98. The van der Waals surface area contributed by atoms with Gasteiger partial charge in [-0.2, -0.15) is 0 Å². The lowest BCUT2D eigenvalue weighted by Crippen LogP contribution is -2.34. The molecule has 0 saturated heterocycles. The van der Waals surface area contributed by atoms with Crippen LogP contribution in [-0.4, -0.2) is 36.1 Å². The molecule has 0 radical (unpaired) electrons. The van der Waals surface area contributed by atoms with Gasteiger partial charge in [-0.05, 0) is 31.9 Å². The second-order valence-electron chi connectivity index (χ2n) is 5.24. The van der Waals surface area contributed by atoms with Gasteiger partial charge in [-0.1, -0.05) is 17.7 Å². The average Bonchev–Trinajstić information content (AvgIpc) is 3.19. The highest BCUT2D eigenvalue weighted by Gasteiger charge is 2.23. The minimum Gasteiger partial charge on any atom is -0.480 e. The Kier molecular flexibility index (Phi) is 4.61. The molecule has 2 N–H and O–H groups in total. The fourth-order valence-electron chi connectivity index (χ4n) is 1.98. The van der Waals surface area contributed by atoms with Crippen molar-refractivity contribution < 1.29 is 14.7 Å². The van der Waals surface area contributed by atoms with Crippen molar-refractivity contribution in [1.82, 2.24) is 5.32 Å². The van der Waals surface area contributed by atoms with E-state index in [1.165, 1.54) is 0 Å². The largest absolute Gasteiger partial charge is 0.480 e. The van der Waals surface area contributed by atoms with Gasteiger partial charge in [0.2, 0.25) is 5.91 Å². The number of carboxylic acids is 1. The monoisotopic (exact) mass is 276 g/mol. The van der Waals surface area contributed by atoms with E-state index in [-0.39, 0.29) is 12.5 Å². The first-order valence-electron chi connectivity index (χ1n) is 6.87. The lowest BCUT2D eigenvalue weighted by Gasteiger charge is -2.22. The molecule has 0 spiro atoms. The van der Waals surface area contributed by atoms with Crippen LogP contribution in [0.15, 0.2) is 24.3 Å². The fraction of sp³-hybridized carbons (Fsp3) is 0.467. The van der Waals surface area contributed by atoms with E-state index in [1.807, 2.05) is 31.2 Å². The molecular weight excluding hydrogens is 256 g/mol. The number of carbonyl (C=O) groups is 2. The third-order valence-electron chi connectivity index (χ3n) is 3.28. The molecule has 0 aromatic heterocycles. The van der Waals surface area contributed by atoms with Gasteiger partial charge in [-0.3, -0.25) is 9.59 Å². The zero-order valence-corrected chi connectivity index (χ0v) is 11.6. The molecule has 0 aliphatic heterocycles. The van der Waals surface area contributed by atoms with Crippen LogP contribution in [0.25, 0.3) is 0 Å². The molecule has 1 aromatic carbocycles. The van der Waals surface area contributed by atoms with Crippen molar-refractivity contribution in [3.05, 3.63) is 29.8 Å². The number of aliphatic carboxylic acids is 1. The molecule has 108 valence electrons. The Bertz CT molecular complexity index is 480. The van der Waals surface area contributed by atoms with Crippen molar-refractivity contribution in [3.63, 3.8) is 0 Å². The van der Waals surface area contributed by atoms with Gasteiger partial charge in [-0.25, -0.2) is 0 Å². The van der Waals surface area contributed by atoms with Gasteiger partial charge in [-0.15, -0.1) is 0 Å². The summed E-state index contributed by atoms with van der Waals surface area (Å²) >= 11 is 0. The third-order valence-corrected chi connectivity index (χ3v) is 3.28. The molecule has 20 heavy (non-hydrogen) atoms. The summed E-state index contributed by atoms with van der Waals surface area (Å²) in [4.78, 5) is 24.3. The van der Waals surface area contributed by atoms with E-state index in [0.717, 1.165) is 24.1 Å². The molecule has 1 saturated carbocycles. The van der Waals surface area contributed by atoms with E-state index < -0.39 is 5.97 Å². The standard InChI is InChI=1S/C15H20N2O3/c1-11-2-6-13(7-3-11)17(10-15(19)20)9-8-14(18)16-12-4-5-12/h2-3,6-7,12H,4-5,8-10H2,1H3,(H,16,18)(H,19,20). The molecule has 0 atom stereocenters. The van der Waals surface area contributed by atoms with Crippen LogP contribution in [0.4, 0.5) is 5.69 Å². The number of carbonyl (C=O) groups excluding carboxylic acids is 1. The summed E-state index contributed by atoms with van der Waals surface area (Å²) in [5.74, 6) is -0.900. The van der Waals surface area contributed by atoms with Gasteiger partial charge in [0, 0.05) is 24.7 Å². The molecule has 0 bridgehead atoms. The Labute approximate surface area is 118 Å². The van der Waals surface area contributed by atoms with E-state index in [0.29, 0.717) is 19.0 Å². The Hall–Kier alpha value is -2.04. The maximum absolute atomic E-state index is 11.7.